The lowest BCUT2D eigenvalue weighted by Gasteiger charge is -2.22. The van der Waals surface area contributed by atoms with Gasteiger partial charge in [-0.3, -0.25) is 9.36 Å². The van der Waals surface area contributed by atoms with Gasteiger partial charge in [-0.25, -0.2) is 9.97 Å². The summed E-state index contributed by atoms with van der Waals surface area (Å²) < 4.78 is 3.42. The molecule has 3 aromatic rings. The zero-order valence-corrected chi connectivity index (χ0v) is 11.7. The van der Waals surface area contributed by atoms with Crippen LogP contribution in [0.2, 0.25) is 0 Å². The van der Waals surface area contributed by atoms with Gasteiger partial charge in [0.15, 0.2) is 0 Å². The molecule has 5 nitrogen and oxygen atoms in total. The van der Waals surface area contributed by atoms with Crippen molar-refractivity contribution in [1.82, 2.24) is 19.1 Å². The third kappa shape index (κ3) is 1.91. The number of rotatable bonds is 1. The molecule has 0 saturated heterocycles. The summed E-state index contributed by atoms with van der Waals surface area (Å²) in [5.74, 6) is 0.371. The minimum absolute atomic E-state index is 0.122. The van der Waals surface area contributed by atoms with E-state index in [1.807, 2.05) is 45.0 Å². The Morgan fingerprint density at radius 1 is 1.10 bits per heavy atom. The first-order valence-electron chi connectivity index (χ1n) is 6.49. The maximum atomic E-state index is 12.6. The van der Waals surface area contributed by atoms with Crippen LogP contribution in [0.4, 0.5) is 0 Å². The molecule has 2 aromatic heterocycles. The highest BCUT2D eigenvalue weighted by atomic mass is 16.1. The third-order valence-corrected chi connectivity index (χ3v) is 3.23. The van der Waals surface area contributed by atoms with Crippen LogP contribution in [0.25, 0.3) is 16.9 Å². The van der Waals surface area contributed by atoms with Crippen molar-refractivity contribution in [1.29, 1.82) is 0 Å². The second kappa shape index (κ2) is 4.30. The van der Waals surface area contributed by atoms with Gasteiger partial charge in [0.25, 0.3) is 5.56 Å². The van der Waals surface area contributed by atoms with Gasteiger partial charge in [-0.1, -0.05) is 12.1 Å². The highest BCUT2D eigenvalue weighted by molar-refractivity contribution is 5.76. The summed E-state index contributed by atoms with van der Waals surface area (Å²) in [7, 11) is 0. The molecule has 0 amide bonds. The standard InChI is InChI=1S/C15H16N4O/c1-15(2,3)19-9-8-16-13(14(19)20)18-10-17-11-6-4-5-7-12(11)18/h4-10H,1-3H3. The Balaban J connectivity index is 2.28. The summed E-state index contributed by atoms with van der Waals surface area (Å²) in [6.07, 6.45) is 5.00. The Labute approximate surface area is 116 Å². The van der Waals surface area contributed by atoms with Crippen molar-refractivity contribution in [2.24, 2.45) is 0 Å². The number of benzene rings is 1. The van der Waals surface area contributed by atoms with Crippen molar-refractivity contribution >= 4 is 11.0 Å². The molecule has 0 radical (unpaired) electrons. The number of nitrogens with zero attached hydrogens (tertiary/aromatic N) is 4. The molecule has 3 rings (SSSR count). The van der Waals surface area contributed by atoms with Crippen LogP contribution in [0, 0.1) is 0 Å². The maximum absolute atomic E-state index is 12.6. The van der Waals surface area contributed by atoms with Crippen LogP contribution in [0.1, 0.15) is 20.8 Å². The van der Waals surface area contributed by atoms with Gasteiger partial charge in [0.1, 0.15) is 6.33 Å². The zero-order chi connectivity index (χ0) is 14.3. The summed E-state index contributed by atoms with van der Waals surface area (Å²) in [5.41, 5.74) is 1.32. The van der Waals surface area contributed by atoms with Gasteiger partial charge in [-0.2, -0.15) is 0 Å². The van der Waals surface area contributed by atoms with E-state index in [9.17, 15) is 4.79 Å². The van der Waals surface area contributed by atoms with Crippen LogP contribution in [-0.4, -0.2) is 19.1 Å². The smallest absolute Gasteiger partial charge is 0.294 e. The van der Waals surface area contributed by atoms with Gasteiger partial charge in [-0.15, -0.1) is 0 Å². The average Bonchev–Trinajstić information content (AvgIpc) is 2.81. The number of imidazole rings is 1. The second-order valence-corrected chi connectivity index (χ2v) is 5.70. The van der Waals surface area contributed by atoms with E-state index in [0.717, 1.165) is 11.0 Å². The molecule has 0 bridgehead atoms. The summed E-state index contributed by atoms with van der Waals surface area (Å²) >= 11 is 0. The molecule has 0 aliphatic carbocycles. The Kier molecular flexibility index (Phi) is 2.71. The molecule has 2 heterocycles. The van der Waals surface area contributed by atoms with Crippen LogP contribution in [0.5, 0.6) is 0 Å². The Hall–Kier alpha value is -2.43. The molecule has 20 heavy (non-hydrogen) atoms. The van der Waals surface area contributed by atoms with Crippen molar-refractivity contribution < 1.29 is 0 Å². The highest BCUT2D eigenvalue weighted by Crippen LogP contribution is 2.15. The average molecular weight is 268 g/mol. The third-order valence-electron chi connectivity index (χ3n) is 3.23. The Morgan fingerprint density at radius 2 is 1.85 bits per heavy atom. The number of hydrogen-bond donors (Lipinski definition) is 0. The van der Waals surface area contributed by atoms with E-state index < -0.39 is 0 Å². The number of fused-ring (bicyclic) bond motifs is 1. The number of para-hydroxylation sites is 2. The molecule has 0 saturated carbocycles. The minimum Gasteiger partial charge on any atom is -0.306 e. The van der Waals surface area contributed by atoms with Gasteiger partial charge in [-0.05, 0) is 32.9 Å². The fourth-order valence-corrected chi connectivity index (χ4v) is 2.22. The molecule has 0 atom stereocenters. The topological polar surface area (TPSA) is 52.7 Å². The van der Waals surface area contributed by atoms with E-state index in [4.69, 9.17) is 0 Å². The van der Waals surface area contributed by atoms with E-state index in [2.05, 4.69) is 9.97 Å². The van der Waals surface area contributed by atoms with E-state index in [1.54, 1.807) is 27.9 Å². The van der Waals surface area contributed by atoms with Crippen LogP contribution >= 0.6 is 0 Å². The first-order valence-corrected chi connectivity index (χ1v) is 6.49. The van der Waals surface area contributed by atoms with E-state index in [1.165, 1.54) is 0 Å². The summed E-state index contributed by atoms with van der Waals surface area (Å²) in [5, 5.41) is 0. The Morgan fingerprint density at radius 3 is 2.60 bits per heavy atom. The molecule has 5 heteroatoms. The second-order valence-electron chi connectivity index (χ2n) is 5.70. The van der Waals surface area contributed by atoms with Crippen molar-refractivity contribution in [3.63, 3.8) is 0 Å². The fraction of sp³-hybridized carbons (Fsp3) is 0.267. The lowest BCUT2D eigenvalue weighted by molar-refractivity contribution is 0.381. The van der Waals surface area contributed by atoms with Crippen molar-refractivity contribution in [2.45, 2.75) is 26.3 Å². The lowest BCUT2D eigenvalue weighted by Crippen LogP contribution is -2.35. The van der Waals surface area contributed by atoms with Crippen LogP contribution in [0.15, 0.2) is 47.8 Å². The van der Waals surface area contributed by atoms with Crippen LogP contribution in [0.3, 0.4) is 0 Å². The van der Waals surface area contributed by atoms with Gasteiger partial charge in [0.05, 0.1) is 11.0 Å². The molecule has 1 aromatic carbocycles. The van der Waals surface area contributed by atoms with Gasteiger partial charge in [0.2, 0.25) is 5.82 Å². The highest BCUT2D eigenvalue weighted by Gasteiger charge is 2.18. The monoisotopic (exact) mass is 268 g/mol. The molecular weight excluding hydrogens is 252 g/mol. The van der Waals surface area contributed by atoms with Gasteiger partial charge < -0.3 is 4.57 Å². The molecule has 0 N–H and O–H groups in total. The molecule has 102 valence electrons. The SMILES string of the molecule is CC(C)(C)n1ccnc(-n2cnc3ccccc32)c1=O. The zero-order valence-electron chi connectivity index (χ0n) is 11.7. The molecule has 0 spiro atoms. The largest absolute Gasteiger partial charge is 0.306 e. The predicted molar refractivity (Wildman–Crippen MR) is 78.1 cm³/mol. The van der Waals surface area contributed by atoms with Gasteiger partial charge >= 0.3 is 0 Å². The van der Waals surface area contributed by atoms with Crippen LogP contribution < -0.4 is 5.56 Å². The molecule has 0 unspecified atom stereocenters. The molecule has 0 aliphatic heterocycles. The van der Waals surface area contributed by atoms with E-state index >= 15 is 0 Å². The summed E-state index contributed by atoms with van der Waals surface area (Å²) in [6, 6.07) is 7.69. The number of hydrogen-bond acceptors (Lipinski definition) is 3. The van der Waals surface area contributed by atoms with E-state index in [-0.39, 0.29) is 11.1 Å². The van der Waals surface area contributed by atoms with Crippen molar-refractivity contribution in [2.75, 3.05) is 0 Å². The summed E-state index contributed by atoms with van der Waals surface area (Å²) in [4.78, 5) is 21.1. The number of aromatic nitrogens is 4. The molecular formula is C15H16N4O. The maximum Gasteiger partial charge on any atom is 0.294 e. The van der Waals surface area contributed by atoms with Crippen LogP contribution in [-0.2, 0) is 5.54 Å². The normalized spacial score (nSPS) is 11.9. The molecule has 0 fully saturated rings. The Bertz CT molecular complexity index is 823. The lowest BCUT2D eigenvalue weighted by atomic mass is 10.1. The first kappa shape index (κ1) is 12.6. The molecule has 0 aliphatic rings. The van der Waals surface area contributed by atoms with E-state index in [0.29, 0.717) is 5.82 Å². The predicted octanol–water partition coefficient (Wildman–Crippen LogP) is 2.34. The minimum atomic E-state index is -0.287. The fourth-order valence-electron chi connectivity index (χ4n) is 2.22. The van der Waals surface area contributed by atoms with Crippen molar-refractivity contribution in [3.05, 3.63) is 53.3 Å². The van der Waals surface area contributed by atoms with Gasteiger partial charge in [0, 0.05) is 17.9 Å². The first-order chi connectivity index (χ1) is 9.48. The summed E-state index contributed by atoms with van der Waals surface area (Å²) in [6.45, 7) is 5.97. The quantitative estimate of drug-likeness (QED) is 0.680. The van der Waals surface area contributed by atoms with Crippen molar-refractivity contribution in [3.8, 4) is 5.82 Å².